The Kier molecular flexibility index (Phi) is 11.3. The molecule has 0 saturated carbocycles. The molecule has 3 rings (SSSR count). The number of nitrogens with zero attached hydrogens (tertiary/aromatic N) is 2. The van der Waals surface area contributed by atoms with E-state index in [9.17, 15) is 4.79 Å². The van der Waals surface area contributed by atoms with Crippen LogP contribution in [0.2, 0.25) is 0 Å². The summed E-state index contributed by atoms with van der Waals surface area (Å²) in [5.74, 6) is 0.487. The fourth-order valence-corrected chi connectivity index (χ4v) is 3.99. The van der Waals surface area contributed by atoms with E-state index in [2.05, 4.69) is 79.9 Å². The van der Waals surface area contributed by atoms with Crippen LogP contribution < -0.4 is 5.32 Å². The molecule has 0 bridgehead atoms. The van der Waals surface area contributed by atoms with Crippen LogP contribution in [0.1, 0.15) is 63.5 Å². The Morgan fingerprint density at radius 3 is 2.75 bits per heavy atom. The van der Waals surface area contributed by atoms with E-state index < -0.39 is 0 Å². The third-order valence-electron chi connectivity index (χ3n) is 5.89. The number of carbonyl (C=O) groups is 1. The molecule has 2 aliphatic rings. The first kappa shape index (κ1) is 25.4. The number of fused-ring (bicyclic) bond motifs is 1. The molecule has 1 aromatic carbocycles. The van der Waals surface area contributed by atoms with Gasteiger partial charge in [0.2, 0.25) is 6.41 Å². The van der Waals surface area contributed by atoms with Gasteiger partial charge >= 0.3 is 0 Å². The Balaban J connectivity index is 0.000000282. The number of amides is 1. The number of nitriles is 1. The van der Waals surface area contributed by atoms with Crippen molar-refractivity contribution in [1.82, 2.24) is 10.2 Å². The number of hydrogen-bond donors (Lipinski definition) is 1. The summed E-state index contributed by atoms with van der Waals surface area (Å²) >= 11 is 0. The topological polar surface area (TPSA) is 56.1 Å². The van der Waals surface area contributed by atoms with Crippen LogP contribution in [-0.2, 0) is 4.79 Å². The Morgan fingerprint density at radius 1 is 1.22 bits per heavy atom. The number of benzene rings is 1. The smallest absolute Gasteiger partial charge is 0.210 e. The minimum absolute atomic E-state index is 0.293. The molecule has 0 heterocycles. The second kappa shape index (κ2) is 14.2. The fraction of sp³-hybridized carbons (Fsp3) is 0.429. The monoisotopic (exact) mass is 431 g/mol. The summed E-state index contributed by atoms with van der Waals surface area (Å²) in [6, 6.07) is 10.6. The third kappa shape index (κ3) is 7.35. The van der Waals surface area contributed by atoms with E-state index in [1.165, 1.54) is 27.2 Å². The lowest BCUT2D eigenvalue weighted by molar-refractivity contribution is -0.119. The molecule has 0 fully saturated rings. The molecule has 32 heavy (non-hydrogen) atoms. The minimum atomic E-state index is -0.293. The molecule has 0 aromatic heterocycles. The highest BCUT2D eigenvalue weighted by Gasteiger charge is 2.21. The highest BCUT2D eigenvalue weighted by atomic mass is 16.1. The zero-order chi connectivity index (χ0) is 23.2. The second-order valence-electron chi connectivity index (χ2n) is 8.13. The zero-order valence-corrected chi connectivity index (χ0v) is 19.8. The summed E-state index contributed by atoms with van der Waals surface area (Å²) in [5, 5.41) is 12.0. The van der Waals surface area contributed by atoms with E-state index in [0.717, 1.165) is 45.2 Å². The van der Waals surface area contributed by atoms with Crippen molar-refractivity contribution in [2.75, 3.05) is 19.6 Å². The van der Waals surface area contributed by atoms with Crippen LogP contribution >= 0.6 is 0 Å². The predicted octanol–water partition coefficient (Wildman–Crippen LogP) is 5.77. The van der Waals surface area contributed by atoms with E-state index in [0.29, 0.717) is 12.5 Å². The molecule has 1 N–H and O–H groups in total. The molecule has 0 spiro atoms. The van der Waals surface area contributed by atoms with Crippen LogP contribution in [0.25, 0.3) is 6.08 Å². The van der Waals surface area contributed by atoms with Crippen LogP contribution in [0.5, 0.6) is 0 Å². The van der Waals surface area contributed by atoms with Gasteiger partial charge in [0.05, 0.1) is 6.07 Å². The largest absolute Gasteiger partial charge is 0.330 e. The maximum atomic E-state index is 10.4. The summed E-state index contributed by atoms with van der Waals surface area (Å²) in [7, 11) is 0. The van der Waals surface area contributed by atoms with Crippen molar-refractivity contribution in [1.29, 1.82) is 5.26 Å². The summed E-state index contributed by atoms with van der Waals surface area (Å²) in [5.41, 5.74) is 5.77. The number of rotatable bonds is 9. The molecule has 0 saturated heterocycles. The standard InChI is InChI=1S/C20H23N.C8H14N2O/c1-2-21-15-14-20-18-10-5-3-4-8-16(18)12-13-17-9-6-7-11-19(17)20;1-3-4-5-10(7-11)8(2)6-9/h3-7,9-13,20-21H,2,8,14-15H2,1H3;7-8H,3-5H2,1-2H3/t;8-/m.0/s1. The lowest BCUT2D eigenvalue weighted by Crippen LogP contribution is -2.31. The summed E-state index contributed by atoms with van der Waals surface area (Å²) < 4.78 is 0. The van der Waals surface area contributed by atoms with Crippen LogP contribution in [0, 0.1) is 11.3 Å². The van der Waals surface area contributed by atoms with Gasteiger partial charge in [0.25, 0.3) is 0 Å². The number of carbonyl (C=O) groups excluding carboxylic acids is 1. The maximum Gasteiger partial charge on any atom is 0.210 e. The van der Waals surface area contributed by atoms with E-state index >= 15 is 0 Å². The first-order chi connectivity index (χ1) is 15.7. The molecule has 170 valence electrons. The molecule has 2 atom stereocenters. The quantitative estimate of drug-likeness (QED) is 0.399. The van der Waals surface area contributed by atoms with Gasteiger partial charge in [0.1, 0.15) is 6.04 Å². The van der Waals surface area contributed by atoms with Crippen molar-refractivity contribution in [3.8, 4) is 6.07 Å². The molecular formula is C28H37N3O. The van der Waals surface area contributed by atoms with Gasteiger partial charge in [-0.15, -0.1) is 0 Å². The molecular weight excluding hydrogens is 394 g/mol. The summed E-state index contributed by atoms with van der Waals surface area (Å²) in [4.78, 5) is 11.9. The maximum absolute atomic E-state index is 10.4. The summed E-state index contributed by atoms with van der Waals surface area (Å²) in [6.45, 7) is 8.74. The van der Waals surface area contributed by atoms with E-state index in [-0.39, 0.29) is 6.04 Å². The Hall–Kier alpha value is -2.90. The lowest BCUT2D eigenvalue weighted by Gasteiger charge is -2.21. The molecule has 0 radical (unpaired) electrons. The molecule has 1 amide bonds. The zero-order valence-electron chi connectivity index (χ0n) is 19.8. The molecule has 4 nitrogen and oxygen atoms in total. The molecule has 1 unspecified atom stereocenters. The van der Waals surface area contributed by atoms with E-state index in [1.54, 1.807) is 6.92 Å². The molecule has 0 aliphatic heterocycles. The van der Waals surface area contributed by atoms with Crippen LogP contribution in [0.3, 0.4) is 0 Å². The van der Waals surface area contributed by atoms with Gasteiger partial charge in [-0.3, -0.25) is 4.79 Å². The first-order valence-corrected chi connectivity index (χ1v) is 11.8. The van der Waals surface area contributed by atoms with Crippen LogP contribution in [0.15, 0.2) is 65.8 Å². The number of allylic oxidation sites excluding steroid dienone is 7. The van der Waals surface area contributed by atoms with Gasteiger partial charge < -0.3 is 10.2 Å². The van der Waals surface area contributed by atoms with Crippen molar-refractivity contribution in [2.24, 2.45) is 0 Å². The molecule has 1 aromatic rings. The van der Waals surface area contributed by atoms with Crippen molar-refractivity contribution < 1.29 is 4.79 Å². The van der Waals surface area contributed by atoms with Gasteiger partial charge in [-0.25, -0.2) is 0 Å². The van der Waals surface area contributed by atoms with Crippen molar-refractivity contribution in [2.45, 2.75) is 58.4 Å². The fourth-order valence-electron chi connectivity index (χ4n) is 3.99. The predicted molar refractivity (Wildman–Crippen MR) is 134 cm³/mol. The highest BCUT2D eigenvalue weighted by molar-refractivity contribution is 5.64. The van der Waals surface area contributed by atoms with E-state index in [1.807, 2.05) is 6.07 Å². The molecule has 4 heteroatoms. The van der Waals surface area contributed by atoms with Gasteiger partial charge in [-0.05, 0) is 61.5 Å². The van der Waals surface area contributed by atoms with Gasteiger partial charge in [-0.1, -0.05) is 81.0 Å². The van der Waals surface area contributed by atoms with Gasteiger partial charge in [0.15, 0.2) is 0 Å². The SMILES string of the molecule is CCCCN(C=O)[C@@H](C)C#N.CCNCCC1C2=C(C=Cc3ccccc31)CC=CC=C2. The van der Waals surface area contributed by atoms with Gasteiger partial charge in [-0.2, -0.15) is 5.26 Å². The average Bonchev–Trinajstić information content (AvgIpc) is 3.14. The first-order valence-electron chi connectivity index (χ1n) is 11.8. The van der Waals surface area contributed by atoms with Crippen molar-refractivity contribution in [3.05, 3.63) is 76.9 Å². The second-order valence-corrected chi connectivity index (χ2v) is 8.13. The van der Waals surface area contributed by atoms with Crippen LogP contribution in [-0.4, -0.2) is 37.0 Å². The minimum Gasteiger partial charge on any atom is -0.330 e. The third-order valence-corrected chi connectivity index (χ3v) is 5.89. The normalized spacial score (nSPS) is 17.1. The van der Waals surface area contributed by atoms with E-state index in [4.69, 9.17) is 5.26 Å². The Labute approximate surface area is 194 Å². The lowest BCUT2D eigenvalue weighted by atomic mass is 9.84. The van der Waals surface area contributed by atoms with Crippen LogP contribution in [0.4, 0.5) is 0 Å². The number of unbranched alkanes of at least 4 members (excludes halogenated alkanes) is 1. The Bertz CT molecular complexity index is 888. The Morgan fingerprint density at radius 2 is 2.03 bits per heavy atom. The van der Waals surface area contributed by atoms with Crippen molar-refractivity contribution >= 4 is 12.5 Å². The number of hydrogen-bond acceptors (Lipinski definition) is 3. The van der Waals surface area contributed by atoms with Gasteiger partial charge in [0, 0.05) is 12.5 Å². The molecule has 2 aliphatic carbocycles. The van der Waals surface area contributed by atoms with Crippen molar-refractivity contribution in [3.63, 3.8) is 0 Å². The highest BCUT2D eigenvalue weighted by Crippen LogP contribution is 2.38. The number of nitrogens with one attached hydrogen (secondary N) is 1. The average molecular weight is 432 g/mol. The summed E-state index contributed by atoms with van der Waals surface area (Å²) in [6.07, 6.45) is 18.4.